The van der Waals surface area contributed by atoms with E-state index in [0.717, 1.165) is 11.4 Å². The van der Waals surface area contributed by atoms with E-state index in [-0.39, 0.29) is 31.0 Å². The molecule has 2 aromatic carbocycles. The van der Waals surface area contributed by atoms with Crippen LogP contribution in [0.25, 0.3) is 0 Å². The molecule has 128 valence electrons. The third kappa shape index (κ3) is 4.49. The van der Waals surface area contributed by atoms with Crippen molar-refractivity contribution in [2.24, 2.45) is 0 Å². The average Bonchev–Trinajstić information content (AvgIpc) is 2.59. The highest BCUT2D eigenvalue weighted by Gasteiger charge is 2.36. The topological polar surface area (TPSA) is 75.6 Å². The van der Waals surface area contributed by atoms with Gasteiger partial charge in [0.1, 0.15) is 18.0 Å². The van der Waals surface area contributed by atoms with Gasteiger partial charge in [-0.2, -0.15) is 0 Å². The Bertz CT molecular complexity index is 758. The van der Waals surface area contributed by atoms with Gasteiger partial charge in [-0.25, -0.2) is 8.42 Å². The van der Waals surface area contributed by atoms with E-state index in [1.807, 2.05) is 54.6 Å². The van der Waals surface area contributed by atoms with Crippen LogP contribution in [0.3, 0.4) is 0 Å². The van der Waals surface area contributed by atoms with Gasteiger partial charge in [-0.05, 0) is 49.2 Å². The molecule has 5 nitrogen and oxygen atoms in total. The molecule has 0 aliphatic carbocycles. The zero-order chi connectivity index (χ0) is 17.0. The number of hydrogen-bond acceptors (Lipinski definition) is 5. The summed E-state index contributed by atoms with van der Waals surface area (Å²) >= 11 is 0. The molecule has 1 heterocycles. The SMILES string of the molecule is O=S1(=O)CCC(O)(COc2ccc(Nc3ccccc3)cc2)CC1. The van der Waals surface area contributed by atoms with E-state index in [2.05, 4.69) is 5.32 Å². The molecule has 1 aliphatic rings. The number of para-hydroxylation sites is 1. The lowest BCUT2D eigenvalue weighted by molar-refractivity contribution is -0.0128. The summed E-state index contributed by atoms with van der Waals surface area (Å²) in [4.78, 5) is 0. The Morgan fingerprint density at radius 3 is 2.17 bits per heavy atom. The first-order valence-electron chi connectivity index (χ1n) is 7.92. The van der Waals surface area contributed by atoms with Gasteiger partial charge in [0.25, 0.3) is 0 Å². The van der Waals surface area contributed by atoms with Crippen LogP contribution in [0.15, 0.2) is 54.6 Å². The monoisotopic (exact) mass is 347 g/mol. The van der Waals surface area contributed by atoms with Crippen LogP contribution in [0.4, 0.5) is 11.4 Å². The largest absolute Gasteiger partial charge is 0.491 e. The number of aliphatic hydroxyl groups is 1. The van der Waals surface area contributed by atoms with E-state index in [1.54, 1.807) is 0 Å². The molecule has 0 radical (unpaired) electrons. The van der Waals surface area contributed by atoms with Crippen LogP contribution in [-0.2, 0) is 9.84 Å². The van der Waals surface area contributed by atoms with Crippen molar-refractivity contribution in [3.8, 4) is 5.75 Å². The number of rotatable bonds is 5. The molecule has 0 amide bonds. The predicted octanol–water partition coefficient (Wildman–Crippen LogP) is 2.75. The van der Waals surface area contributed by atoms with Crippen LogP contribution in [0.1, 0.15) is 12.8 Å². The van der Waals surface area contributed by atoms with Gasteiger partial charge in [-0.3, -0.25) is 0 Å². The minimum Gasteiger partial charge on any atom is -0.491 e. The zero-order valence-corrected chi connectivity index (χ0v) is 14.1. The van der Waals surface area contributed by atoms with E-state index in [1.165, 1.54) is 0 Å². The summed E-state index contributed by atoms with van der Waals surface area (Å²) in [5.41, 5.74) is 0.881. The van der Waals surface area contributed by atoms with E-state index < -0.39 is 15.4 Å². The molecule has 0 aromatic heterocycles. The van der Waals surface area contributed by atoms with Gasteiger partial charge in [0, 0.05) is 11.4 Å². The van der Waals surface area contributed by atoms with Gasteiger partial charge in [-0.1, -0.05) is 18.2 Å². The number of ether oxygens (including phenoxy) is 1. The van der Waals surface area contributed by atoms with Crippen LogP contribution < -0.4 is 10.1 Å². The molecule has 2 aromatic rings. The molecule has 2 N–H and O–H groups in total. The maximum atomic E-state index is 11.4. The Hall–Kier alpha value is -2.05. The molecule has 0 unspecified atom stereocenters. The van der Waals surface area contributed by atoms with Crippen LogP contribution in [-0.4, -0.2) is 37.2 Å². The molecule has 6 heteroatoms. The first kappa shape index (κ1) is 16.8. The Labute approximate surface area is 142 Å². The Kier molecular flexibility index (Phi) is 4.78. The van der Waals surface area contributed by atoms with Gasteiger partial charge >= 0.3 is 0 Å². The zero-order valence-electron chi connectivity index (χ0n) is 13.3. The first-order chi connectivity index (χ1) is 11.4. The maximum Gasteiger partial charge on any atom is 0.150 e. The van der Waals surface area contributed by atoms with E-state index in [0.29, 0.717) is 5.75 Å². The standard InChI is InChI=1S/C18H21NO4S/c20-18(10-12-24(21,22)13-11-18)14-23-17-8-6-16(7-9-17)19-15-4-2-1-3-5-15/h1-9,19-20H,10-14H2. The third-order valence-corrected chi connectivity index (χ3v) is 5.83. The minimum absolute atomic E-state index is 0.0206. The molecule has 0 saturated carbocycles. The van der Waals surface area contributed by atoms with E-state index in [9.17, 15) is 13.5 Å². The summed E-state index contributed by atoms with van der Waals surface area (Å²) < 4.78 is 28.5. The molecule has 0 bridgehead atoms. The summed E-state index contributed by atoms with van der Waals surface area (Å²) in [7, 11) is -3.00. The van der Waals surface area contributed by atoms with Crippen LogP contribution in [0, 0.1) is 0 Å². The second-order valence-electron chi connectivity index (χ2n) is 6.18. The van der Waals surface area contributed by atoms with Crippen molar-refractivity contribution in [2.45, 2.75) is 18.4 Å². The average molecular weight is 347 g/mol. The summed E-state index contributed by atoms with van der Waals surface area (Å²) in [6.45, 7) is 0.105. The quantitative estimate of drug-likeness (QED) is 0.870. The van der Waals surface area contributed by atoms with Crippen LogP contribution in [0.5, 0.6) is 5.75 Å². The van der Waals surface area contributed by atoms with Crippen molar-refractivity contribution in [3.05, 3.63) is 54.6 Å². The highest BCUT2D eigenvalue weighted by molar-refractivity contribution is 7.91. The van der Waals surface area contributed by atoms with E-state index in [4.69, 9.17) is 4.74 Å². The molecule has 0 spiro atoms. The fraction of sp³-hybridized carbons (Fsp3) is 0.333. The Balaban J connectivity index is 1.55. The highest BCUT2D eigenvalue weighted by atomic mass is 32.2. The van der Waals surface area contributed by atoms with Gasteiger partial charge in [0.2, 0.25) is 0 Å². The highest BCUT2D eigenvalue weighted by Crippen LogP contribution is 2.26. The lowest BCUT2D eigenvalue weighted by atomic mass is 9.98. The summed E-state index contributed by atoms with van der Waals surface area (Å²) in [6.07, 6.45) is 0.450. The third-order valence-electron chi connectivity index (χ3n) is 4.18. The number of sulfone groups is 1. The van der Waals surface area contributed by atoms with Crippen molar-refractivity contribution >= 4 is 21.2 Å². The summed E-state index contributed by atoms with van der Waals surface area (Å²) in [5, 5.41) is 13.7. The molecule has 1 fully saturated rings. The molecule has 1 saturated heterocycles. The molecule has 1 aliphatic heterocycles. The smallest absolute Gasteiger partial charge is 0.150 e. The summed E-state index contributed by atoms with van der Waals surface area (Å²) in [5.74, 6) is 0.690. The lowest BCUT2D eigenvalue weighted by Gasteiger charge is -2.31. The predicted molar refractivity (Wildman–Crippen MR) is 94.5 cm³/mol. The summed E-state index contributed by atoms with van der Waals surface area (Å²) in [6, 6.07) is 17.3. The van der Waals surface area contributed by atoms with Gasteiger partial charge in [0.05, 0.1) is 11.5 Å². The van der Waals surface area contributed by atoms with Crippen molar-refractivity contribution in [2.75, 3.05) is 23.4 Å². The second kappa shape index (κ2) is 6.83. The fourth-order valence-corrected chi connectivity index (χ4v) is 4.19. The number of anilines is 2. The van der Waals surface area contributed by atoms with E-state index >= 15 is 0 Å². The maximum absolute atomic E-state index is 11.4. The molecular weight excluding hydrogens is 326 g/mol. The fourth-order valence-electron chi connectivity index (χ4n) is 2.60. The van der Waals surface area contributed by atoms with Crippen LogP contribution >= 0.6 is 0 Å². The van der Waals surface area contributed by atoms with Crippen molar-refractivity contribution in [1.29, 1.82) is 0 Å². The Morgan fingerprint density at radius 1 is 0.958 bits per heavy atom. The first-order valence-corrected chi connectivity index (χ1v) is 9.74. The van der Waals surface area contributed by atoms with Crippen molar-refractivity contribution < 1.29 is 18.3 Å². The lowest BCUT2D eigenvalue weighted by Crippen LogP contribution is -2.43. The normalized spacial score (nSPS) is 18.7. The number of benzene rings is 2. The number of hydrogen-bond donors (Lipinski definition) is 2. The van der Waals surface area contributed by atoms with Crippen LogP contribution in [0.2, 0.25) is 0 Å². The second-order valence-corrected chi connectivity index (χ2v) is 8.48. The van der Waals surface area contributed by atoms with Crippen molar-refractivity contribution in [3.63, 3.8) is 0 Å². The number of nitrogens with one attached hydrogen (secondary N) is 1. The van der Waals surface area contributed by atoms with Gasteiger partial charge < -0.3 is 15.2 Å². The van der Waals surface area contributed by atoms with Gasteiger partial charge in [0.15, 0.2) is 9.84 Å². The molecule has 3 rings (SSSR count). The van der Waals surface area contributed by atoms with Crippen molar-refractivity contribution in [1.82, 2.24) is 0 Å². The Morgan fingerprint density at radius 2 is 1.54 bits per heavy atom. The molecule has 0 atom stereocenters. The molecular formula is C18H21NO4S. The van der Waals surface area contributed by atoms with Gasteiger partial charge in [-0.15, -0.1) is 0 Å². The molecule has 24 heavy (non-hydrogen) atoms. The minimum atomic E-state index is -3.00.